The summed E-state index contributed by atoms with van der Waals surface area (Å²) >= 11 is 7.39. The predicted octanol–water partition coefficient (Wildman–Crippen LogP) is 2.52. The second kappa shape index (κ2) is 7.96. The van der Waals surface area contributed by atoms with Gasteiger partial charge in [-0.25, -0.2) is 4.98 Å². The lowest BCUT2D eigenvalue weighted by atomic mass is 10.2. The Morgan fingerprint density at radius 3 is 2.95 bits per heavy atom. The van der Waals surface area contributed by atoms with Gasteiger partial charge in [0, 0.05) is 6.54 Å². The smallest absolute Gasteiger partial charge is 0.300 e. The Morgan fingerprint density at radius 1 is 1.58 bits per heavy atom. The Kier molecular flexibility index (Phi) is 6.58. The molecule has 8 heteroatoms. The van der Waals surface area contributed by atoms with Gasteiger partial charge in [0.2, 0.25) is 0 Å². The van der Waals surface area contributed by atoms with Crippen LogP contribution in [-0.2, 0) is 0 Å². The monoisotopic (exact) mass is 303 g/mol. The lowest BCUT2D eigenvalue weighted by molar-refractivity contribution is -0.385. The average Bonchev–Trinajstić information content (AvgIpc) is 2.37. The quantitative estimate of drug-likeness (QED) is 0.362. The maximum absolute atomic E-state index is 11.8. The summed E-state index contributed by atoms with van der Waals surface area (Å²) in [6, 6.07) is 1.21. The van der Waals surface area contributed by atoms with Crippen molar-refractivity contribution in [2.45, 2.75) is 12.8 Å². The molecule has 0 unspecified atom stereocenters. The van der Waals surface area contributed by atoms with Gasteiger partial charge in [0.05, 0.1) is 4.92 Å². The van der Waals surface area contributed by atoms with Gasteiger partial charge in [0.25, 0.3) is 11.6 Å². The molecule has 0 fully saturated rings. The molecule has 1 aromatic heterocycles. The zero-order chi connectivity index (χ0) is 14.3. The number of unbranched alkanes of at least 4 members (excludes halogenated alkanes) is 1. The first-order valence-corrected chi connectivity index (χ1v) is 7.40. The number of amides is 1. The van der Waals surface area contributed by atoms with Crippen molar-refractivity contribution in [1.29, 1.82) is 0 Å². The Balaban J connectivity index is 2.65. The van der Waals surface area contributed by atoms with E-state index in [9.17, 15) is 14.9 Å². The molecule has 104 valence electrons. The van der Waals surface area contributed by atoms with Gasteiger partial charge < -0.3 is 5.32 Å². The second-order valence-corrected chi connectivity index (χ2v) is 5.11. The van der Waals surface area contributed by atoms with Crippen LogP contribution in [-0.4, -0.2) is 34.4 Å². The minimum Gasteiger partial charge on any atom is -0.352 e. The molecule has 6 nitrogen and oxygen atoms in total. The number of rotatable bonds is 7. The first-order chi connectivity index (χ1) is 9.06. The third kappa shape index (κ3) is 5.04. The number of hydrogen-bond acceptors (Lipinski definition) is 5. The highest BCUT2D eigenvalue weighted by Gasteiger charge is 2.20. The molecular weight excluding hydrogens is 290 g/mol. The van der Waals surface area contributed by atoms with E-state index >= 15 is 0 Å². The lowest BCUT2D eigenvalue weighted by Gasteiger charge is -2.05. The molecule has 1 amide bonds. The molecule has 0 saturated carbocycles. The highest BCUT2D eigenvalue weighted by atomic mass is 35.5. The molecule has 1 aromatic rings. The number of nitrogens with one attached hydrogen (secondary N) is 1. The molecule has 0 atom stereocenters. The van der Waals surface area contributed by atoms with Gasteiger partial charge in [-0.2, -0.15) is 11.8 Å². The SMILES string of the molecule is CSCCCCNC(=O)c1cc(Cl)ncc1[N+](=O)[O-]. The summed E-state index contributed by atoms with van der Waals surface area (Å²) < 4.78 is 0. The van der Waals surface area contributed by atoms with Crippen molar-refractivity contribution in [2.75, 3.05) is 18.6 Å². The van der Waals surface area contributed by atoms with Gasteiger partial charge in [0.15, 0.2) is 0 Å². The topological polar surface area (TPSA) is 85.1 Å². The Labute approximate surface area is 120 Å². The number of nitrogens with zero attached hydrogens (tertiary/aromatic N) is 2. The maximum atomic E-state index is 11.8. The predicted molar refractivity (Wildman–Crippen MR) is 75.9 cm³/mol. The van der Waals surface area contributed by atoms with Gasteiger partial charge in [-0.3, -0.25) is 14.9 Å². The van der Waals surface area contributed by atoms with Crippen molar-refractivity contribution in [3.63, 3.8) is 0 Å². The average molecular weight is 304 g/mol. The van der Waals surface area contributed by atoms with Gasteiger partial charge in [-0.1, -0.05) is 11.6 Å². The molecule has 0 aliphatic heterocycles. The molecule has 0 aliphatic rings. The number of aromatic nitrogens is 1. The molecule has 0 spiro atoms. The Hall–Kier alpha value is -1.34. The first kappa shape index (κ1) is 15.7. The summed E-state index contributed by atoms with van der Waals surface area (Å²) in [5.74, 6) is 0.525. The molecule has 1 N–H and O–H groups in total. The second-order valence-electron chi connectivity index (χ2n) is 3.74. The zero-order valence-electron chi connectivity index (χ0n) is 10.4. The molecule has 19 heavy (non-hydrogen) atoms. The molecule has 1 heterocycles. The summed E-state index contributed by atoms with van der Waals surface area (Å²) in [5.41, 5.74) is -0.402. The zero-order valence-corrected chi connectivity index (χ0v) is 12.0. The van der Waals surface area contributed by atoms with Crippen LogP contribution in [0.2, 0.25) is 5.15 Å². The fraction of sp³-hybridized carbons (Fsp3) is 0.455. The van der Waals surface area contributed by atoms with Crippen LogP contribution in [0.25, 0.3) is 0 Å². The lowest BCUT2D eigenvalue weighted by Crippen LogP contribution is -2.25. The van der Waals surface area contributed by atoms with Crippen molar-refractivity contribution in [3.05, 3.63) is 33.1 Å². The number of nitro groups is 1. The third-order valence-electron chi connectivity index (χ3n) is 2.35. The van der Waals surface area contributed by atoms with Gasteiger partial charge in [-0.05, 0) is 30.9 Å². The summed E-state index contributed by atoms with van der Waals surface area (Å²) in [6.45, 7) is 0.483. The van der Waals surface area contributed by atoms with Crippen molar-refractivity contribution in [3.8, 4) is 0 Å². The fourth-order valence-electron chi connectivity index (χ4n) is 1.42. The maximum Gasteiger partial charge on any atom is 0.300 e. The van der Waals surface area contributed by atoms with E-state index in [1.165, 1.54) is 6.07 Å². The summed E-state index contributed by atoms with van der Waals surface area (Å²) in [5, 5.41) is 13.5. The number of carbonyl (C=O) groups excluding carboxylic acids is 1. The summed E-state index contributed by atoms with van der Waals surface area (Å²) in [6.07, 6.45) is 4.83. The van der Waals surface area contributed by atoms with E-state index in [4.69, 9.17) is 11.6 Å². The molecule has 0 saturated heterocycles. The van der Waals surface area contributed by atoms with E-state index in [-0.39, 0.29) is 16.4 Å². The van der Waals surface area contributed by atoms with Crippen LogP contribution in [0.5, 0.6) is 0 Å². The van der Waals surface area contributed by atoms with Crippen molar-refractivity contribution in [1.82, 2.24) is 10.3 Å². The number of thioether (sulfide) groups is 1. The molecular formula is C11H14ClN3O3S. The molecule has 0 radical (unpaired) electrons. The summed E-state index contributed by atoms with van der Waals surface area (Å²) in [4.78, 5) is 25.6. The largest absolute Gasteiger partial charge is 0.352 e. The van der Waals surface area contributed by atoms with Crippen molar-refractivity contribution < 1.29 is 9.72 Å². The standard InChI is InChI=1S/C11H14ClN3O3S/c1-19-5-3-2-4-13-11(16)8-6-10(12)14-7-9(8)15(17)18/h6-7H,2-5H2,1H3,(H,13,16). The van der Waals surface area contributed by atoms with Crippen LogP contribution >= 0.6 is 23.4 Å². The number of halogens is 1. The van der Waals surface area contributed by atoms with Crippen LogP contribution < -0.4 is 5.32 Å². The molecule has 1 rings (SSSR count). The Bertz CT molecular complexity index is 470. The van der Waals surface area contributed by atoms with Gasteiger partial charge in [0.1, 0.15) is 16.9 Å². The highest BCUT2D eigenvalue weighted by Crippen LogP contribution is 2.20. The van der Waals surface area contributed by atoms with Gasteiger partial charge >= 0.3 is 0 Å². The van der Waals surface area contributed by atoms with E-state index in [0.717, 1.165) is 24.8 Å². The van der Waals surface area contributed by atoms with Gasteiger partial charge in [-0.15, -0.1) is 0 Å². The number of hydrogen-bond donors (Lipinski definition) is 1. The summed E-state index contributed by atoms with van der Waals surface area (Å²) in [7, 11) is 0. The molecule has 0 aliphatic carbocycles. The van der Waals surface area contributed by atoms with Crippen LogP contribution in [0.15, 0.2) is 12.3 Å². The van der Waals surface area contributed by atoms with E-state index in [0.29, 0.717) is 6.54 Å². The number of carbonyl (C=O) groups is 1. The number of pyridine rings is 1. The molecule has 0 bridgehead atoms. The van der Waals surface area contributed by atoms with E-state index in [1.54, 1.807) is 11.8 Å². The van der Waals surface area contributed by atoms with Crippen LogP contribution in [0.4, 0.5) is 5.69 Å². The normalized spacial score (nSPS) is 10.2. The van der Waals surface area contributed by atoms with Crippen LogP contribution in [0.1, 0.15) is 23.2 Å². The fourth-order valence-corrected chi connectivity index (χ4v) is 2.07. The Morgan fingerprint density at radius 2 is 2.32 bits per heavy atom. The minimum absolute atomic E-state index is 0.0538. The first-order valence-electron chi connectivity index (χ1n) is 5.63. The highest BCUT2D eigenvalue weighted by molar-refractivity contribution is 7.98. The molecule has 0 aromatic carbocycles. The van der Waals surface area contributed by atoms with Crippen molar-refractivity contribution in [2.24, 2.45) is 0 Å². The van der Waals surface area contributed by atoms with Crippen LogP contribution in [0.3, 0.4) is 0 Å². The van der Waals surface area contributed by atoms with E-state index < -0.39 is 10.8 Å². The minimum atomic E-state index is -0.647. The van der Waals surface area contributed by atoms with E-state index in [2.05, 4.69) is 10.3 Å². The van der Waals surface area contributed by atoms with Crippen LogP contribution in [0, 0.1) is 10.1 Å². The third-order valence-corrected chi connectivity index (χ3v) is 3.26. The van der Waals surface area contributed by atoms with Crippen molar-refractivity contribution >= 4 is 35.0 Å². The van der Waals surface area contributed by atoms with E-state index in [1.807, 2.05) is 6.26 Å².